The van der Waals surface area contributed by atoms with Crippen molar-refractivity contribution < 1.29 is 4.74 Å². The Morgan fingerprint density at radius 1 is 1.46 bits per heavy atom. The number of ether oxygens (including phenoxy) is 1. The third-order valence-corrected chi connectivity index (χ3v) is 5.09. The summed E-state index contributed by atoms with van der Waals surface area (Å²) >= 11 is 1.86. The lowest BCUT2D eigenvalue weighted by atomic mass is 9.98. The number of aliphatic imine (C=N–C) groups is 1. The molecule has 2 heterocycles. The second-order valence-corrected chi connectivity index (χ2v) is 7.35. The van der Waals surface area contributed by atoms with Crippen LogP contribution in [-0.4, -0.2) is 57.3 Å². The van der Waals surface area contributed by atoms with Crippen molar-refractivity contribution in [2.24, 2.45) is 10.9 Å². The van der Waals surface area contributed by atoms with Gasteiger partial charge in [-0.2, -0.15) is 0 Å². The first-order chi connectivity index (χ1) is 11.8. The van der Waals surface area contributed by atoms with Crippen molar-refractivity contribution >= 4 is 17.3 Å². The maximum absolute atomic E-state index is 5.09. The average molecular weight is 353 g/mol. The number of hydrogen-bond acceptors (Lipinski definition) is 4. The van der Waals surface area contributed by atoms with E-state index < -0.39 is 0 Å². The third kappa shape index (κ3) is 7.20. The Bertz CT molecular complexity index is 464. The minimum Gasteiger partial charge on any atom is -0.385 e. The van der Waals surface area contributed by atoms with Crippen LogP contribution in [0.4, 0.5) is 0 Å². The van der Waals surface area contributed by atoms with Crippen LogP contribution in [0.2, 0.25) is 0 Å². The normalized spacial score (nSPS) is 19.4. The average Bonchev–Trinajstić information content (AvgIpc) is 3.10. The summed E-state index contributed by atoms with van der Waals surface area (Å²) in [6, 6.07) is 4.38. The van der Waals surface area contributed by atoms with Crippen molar-refractivity contribution in [2.45, 2.75) is 32.7 Å². The molecule has 5 nitrogen and oxygen atoms in total. The highest BCUT2D eigenvalue weighted by molar-refractivity contribution is 7.09. The SMILES string of the molecule is CCNC(=NCC1CCCN(Cc2cccs2)C1)NCCCOC. The summed E-state index contributed by atoms with van der Waals surface area (Å²) in [7, 11) is 1.74. The molecule has 1 unspecified atom stereocenters. The number of likely N-dealkylation sites (tertiary alicyclic amines) is 1. The quantitative estimate of drug-likeness (QED) is 0.407. The van der Waals surface area contributed by atoms with Gasteiger partial charge in [-0.15, -0.1) is 11.3 Å². The largest absolute Gasteiger partial charge is 0.385 e. The zero-order valence-corrected chi connectivity index (χ0v) is 15.9. The third-order valence-electron chi connectivity index (χ3n) is 4.23. The van der Waals surface area contributed by atoms with Gasteiger partial charge in [-0.05, 0) is 50.1 Å². The van der Waals surface area contributed by atoms with Crippen LogP contribution in [-0.2, 0) is 11.3 Å². The molecule has 0 amide bonds. The maximum atomic E-state index is 5.09. The Balaban J connectivity index is 1.76. The van der Waals surface area contributed by atoms with E-state index in [9.17, 15) is 0 Å². The second kappa shape index (κ2) is 11.4. The molecule has 136 valence electrons. The molecule has 0 aromatic carbocycles. The van der Waals surface area contributed by atoms with E-state index in [0.29, 0.717) is 5.92 Å². The summed E-state index contributed by atoms with van der Waals surface area (Å²) in [6.45, 7) is 9.05. The number of piperidine rings is 1. The maximum Gasteiger partial charge on any atom is 0.191 e. The molecule has 2 N–H and O–H groups in total. The van der Waals surface area contributed by atoms with E-state index in [4.69, 9.17) is 9.73 Å². The van der Waals surface area contributed by atoms with E-state index in [0.717, 1.165) is 51.7 Å². The molecule has 1 aliphatic rings. The van der Waals surface area contributed by atoms with Gasteiger partial charge in [0, 0.05) is 51.3 Å². The first-order valence-corrected chi connectivity index (χ1v) is 9.95. The molecule has 0 radical (unpaired) electrons. The van der Waals surface area contributed by atoms with E-state index in [-0.39, 0.29) is 0 Å². The second-order valence-electron chi connectivity index (χ2n) is 6.32. The van der Waals surface area contributed by atoms with Crippen LogP contribution >= 0.6 is 11.3 Å². The summed E-state index contributed by atoms with van der Waals surface area (Å²) < 4.78 is 5.09. The molecule has 1 saturated heterocycles. The zero-order valence-electron chi connectivity index (χ0n) is 15.1. The van der Waals surface area contributed by atoms with Crippen molar-refractivity contribution in [3.8, 4) is 0 Å². The minimum absolute atomic E-state index is 0.660. The van der Waals surface area contributed by atoms with Crippen molar-refractivity contribution in [1.82, 2.24) is 15.5 Å². The van der Waals surface area contributed by atoms with Crippen LogP contribution in [0.25, 0.3) is 0 Å². The molecule has 24 heavy (non-hydrogen) atoms. The van der Waals surface area contributed by atoms with E-state index >= 15 is 0 Å². The molecule has 1 aromatic rings. The lowest BCUT2D eigenvalue weighted by Gasteiger charge is -2.31. The summed E-state index contributed by atoms with van der Waals surface area (Å²) in [4.78, 5) is 8.84. The van der Waals surface area contributed by atoms with Gasteiger partial charge in [0.15, 0.2) is 5.96 Å². The molecule has 1 atom stereocenters. The number of methoxy groups -OCH3 is 1. The van der Waals surface area contributed by atoms with Gasteiger partial charge in [0.25, 0.3) is 0 Å². The van der Waals surface area contributed by atoms with E-state index in [1.54, 1.807) is 7.11 Å². The molecule has 0 bridgehead atoms. The minimum atomic E-state index is 0.660. The standard InChI is InChI=1S/C18H32N4OS/c1-3-19-18(20-9-6-11-23-2)21-13-16-7-4-10-22(14-16)15-17-8-5-12-24-17/h5,8,12,16H,3-4,6-7,9-11,13-15H2,1-2H3,(H2,19,20,21). The smallest absolute Gasteiger partial charge is 0.191 e. The Morgan fingerprint density at radius 2 is 2.38 bits per heavy atom. The van der Waals surface area contributed by atoms with Gasteiger partial charge in [0.1, 0.15) is 0 Å². The van der Waals surface area contributed by atoms with Gasteiger partial charge in [0.2, 0.25) is 0 Å². The van der Waals surface area contributed by atoms with Crippen LogP contribution in [0.5, 0.6) is 0 Å². The lowest BCUT2D eigenvalue weighted by molar-refractivity contribution is 0.172. The molecule has 6 heteroatoms. The number of guanidine groups is 1. The van der Waals surface area contributed by atoms with Gasteiger partial charge >= 0.3 is 0 Å². The fraction of sp³-hybridized carbons (Fsp3) is 0.722. The highest BCUT2D eigenvalue weighted by Gasteiger charge is 2.20. The van der Waals surface area contributed by atoms with Gasteiger partial charge in [-0.3, -0.25) is 9.89 Å². The predicted octanol–water partition coefficient (Wildman–Crippen LogP) is 2.55. The highest BCUT2D eigenvalue weighted by atomic mass is 32.1. The number of nitrogens with zero attached hydrogens (tertiary/aromatic N) is 2. The Hall–Kier alpha value is -1.11. The van der Waals surface area contributed by atoms with Gasteiger partial charge in [0.05, 0.1) is 0 Å². The van der Waals surface area contributed by atoms with Crippen molar-refractivity contribution in [3.05, 3.63) is 22.4 Å². The molecule has 1 aliphatic heterocycles. The summed E-state index contributed by atoms with van der Waals surface area (Å²) in [5.41, 5.74) is 0. The van der Waals surface area contributed by atoms with Crippen LogP contribution < -0.4 is 10.6 Å². The molecule has 0 saturated carbocycles. The fourth-order valence-corrected chi connectivity index (χ4v) is 3.80. The number of thiophene rings is 1. The molecule has 1 aromatic heterocycles. The Morgan fingerprint density at radius 3 is 3.12 bits per heavy atom. The van der Waals surface area contributed by atoms with E-state index in [1.807, 2.05) is 11.3 Å². The van der Waals surface area contributed by atoms with E-state index in [1.165, 1.54) is 24.3 Å². The van der Waals surface area contributed by atoms with Crippen LogP contribution in [0.15, 0.2) is 22.5 Å². The van der Waals surface area contributed by atoms with Crippen LogP contribution in [0, 0.1) is 5.92 Å². The first-order valence-electron chi connectivity index (χ1n) is 9.07. The van der Waals surface area contributed by atoms with Crippen molar-refractivity contribution in [3.63, 3.8) is 0 Å². The van der Waals surface area contributed by atoms with Gasteiger partial charge in [-0.25, -0.2) is 0 Å². The summed E-state index contributed by atoms with van der Waals surface area (Å²) in [5.74, 6) is 1.59. The van der Waals surface area contributed by atoms with Crippen LogP contribution in [0.3, 0.4) is 0 Å². The number of hydrogen-bond donors (Lipinski definition) is 2. The molecule has 0 spiro atoms. The monoisotopic (exact) mass is 352 g/mol. The Labute approximate surface area is 150 Å². The van der Waals surface area contributed by atoms with Crippen LogP contribution in [0.1, 0.15) is 31.1 Å². The van der Waals surface area contributed by atoms with Crippen molar-refractivity contribution in [2.75, 3.05) is 46.4 Å². The molecule has 2 rings (SSSR count). The first kappa shape index (κ1) is 19.2. The van der Waals surface area contributed by atoms with Gasteiger partial charge in [-0.1, -0.05) is 6.07 Å². The molecular weight excluding hydrogens is 320 g/mol. The predicted molar refractivity (Wildman–Crippen MR) is 103 cm³/mol. The topological polar surface area (TPSA) is 48.9 Å². The molecule has 0 aliphatic carbocycles. The summed E-state index contributed by atoms with van der Waals surface area (Å²) in [6.07, 6.45) is 3.57. The number of nitrogens with one attached hydrogen (secondary N) is 2. The molecular formula is C18H32N4OS. The zero-order chi connectivity index (χ0) is 17.0. The van der Waals surface area contributed by atoms with E-state index in [2.05, 4.69) is 40.0 Å². The lowest BCUT2D eigenvalue weighted by Crippen LogP contribution is -2.40. The fourth-order valence-electron chi connectivity index (χ4n) is 3.05. The highest BCUT2D eigenvalue weighted by Crippen LogP contribution is 2.20. The molecule has 1 fully saturated rings. The van der Waals surface area contributed by atoms with Gasteiger partial charge < -0.3 is 15.4 Å². The van der Waals surface area contributed by atoms with Crippen molar-refractivity contribution in [1.29, 1.82) is 0 Å². The Kier molecular flexibility index (Phi) is 9.16. The summed E-state index contributed by atoms with van der Waals surface area (Å²) in [5, 5.41) is 8.89. The number of rotatable bonds is 9.